The van der Waals surface area contributed by atoms with Crippen LogP contribution in [0.5, 0.6) is 0 Å². The molecule has 3 rings (SSSR count). The summed E-state index contributed by atoms with van der Waals surface area (Å²) in [6.45, 7) is 0. The maximum Gasteiger partial charge on any atom is 0.418 e. The van der Waals surface area contributed by atoms with Crippen LogP contribution in [-0.4, -0.2) is 16.9 Å². The summed E-state index contributed by atoms with van der Waals surface area (Å²) >= 11 is 5.67. The zero-order chi connectivity index (χ0) is 21.7. The molecule has 0 bridgehead atoms. The lowest BCUT2D eigenvalue weighted by atomic mass is 10.1. The van der Waals surface area contributed by atoms with Crippen LogP contribution in [0.1, 0.15) is 27.6 Å². The minimum absolute atomic E-state index is 0.135. The first kappa shape index (κ1) is 21.3. The van der Waals surface area contributed by atoms with E-state index in [0.717, 1.165) is 6.07 Å². The Morgan fingerprint density at radius 2 is 1.67 bits per heavy atom. The maximum atomic E-state index is 13.3. The molecule has 2 aromatic carbocycles. The SMILES string of the molecule is O=C(O[C@H](C(=O)Nc1ccc(Cl)cc1C(F)(F)F)c1ccccc1)c1ccncc1. The molecule has 0 aliphatic rings. The Hall–Kier alpha value is -3.39. The number of pyridine rings is 1. The third-order valence-corrected chi connectivity index (χ3v) is 4.26. The quantitative estimate of drug-likeness (QED) is 0.554. The molecule has 3 aromatic rings. The molecule has 1 heterocycles. The fourth-order valence-corrected chi connectivity index (χ4v) is 2.79. The number of hydrogen-bond acceptors (Lipinski definition) is 4. The van der Waals surface area contributed by atoms with Crippen molar-refractivity contribution in [2.24, 2.45) is 0 Å². The minimum atomic E-state index is -4.75. The number of anilines is 1. The van der Waals surface area contributed by atoms with Crippen molar-refractivity contribution < 1.29 is 27.5 Å². The normalized spacial score (nSPS) is 12.1. The predicted octanol–water partition coefficient (Wildman–Crippen LogP) is 5.29. The van der Waals surface area contributed by atoms with E-state index in [1.807, 2.05) is 0 Å². The molecule has 9 heteroatoms. The highest BCUT2D eigenvalue weighted by Gasteiger charge is 2.35. The summed E-state index contributed by atoms with van der Waals surface area (Å²) in [7, 11) is 0. The van der Waals surface area contributed by atoms with Gasteiger partial charge in [0.2, 0.25) is 6.10 Å². The van der Waals surface area contributed by atoms with E-state index in [-0.39, 0.29) is 10.6 Å². The fourth-order valence-electron chi connectivity index (χ4n) is 2.62. The first-order valence-corrected chi connectivity index (χ1v) is 8.97. The number of nitrogens with zero attached hydrogens (tertiary/aromatic N) is 1. The van der Waals surface area contributed by atoms with Gasteiger partial charge in [-0.25, -0.2) is 4.79 Å². The zero-order valence-corrected chi connectivity index (χ0v) is 15.9. The third-order valence-electron chi connectivity index (χ3n) is 4.03. The molecule has 0 unspecified atom stereocenters. The van der Waals surface area contributed by atoms with Crippen LogP contribution in [0, 0.1) is 0 Å². The van der Waals surface area contributed by atoms with Gasteiger partial charge in [0.15, 0.2) is 0 Å². The molecule has 154 valence electrons. The Morgan fingerprint density at radius 3 is 2.30 bits per heavy atom. The number of ether oxygens (including phenoxy) is 1. The number of halogens is 4. The average molecular weight is 435 g/mol. The molecular weight excluding hydrogens is 421 g/mol. The van der Waals surface area contributed by atoms with Crippen LogP contribution >= 0.6 is 11.6 Å². The van der Waals surface area contributed by atoms with Gasteiger partial charge in [-0.1, -0.05) is 41.9 Å². The zero-order valence-electron chi connectivity index (χ0n) is 15.2. The topological polar surface area (TPSA) is 68.3 Å². The van der Waals surface area contributed by atoms with Gasteiger partial charge in [-0.15, -0.1) is 0 Å². The Kier molecular flexibility index (Phi) is 6.37. The molecule has 1 aromatic heterocycles. The number of aromatic nitrogens is 1. The molecule has 30 heavy (non-hydrogen) atoms. The van der Waals surface area contributed by atoms with Crippen molar-refractivity contribution in [1.29, 1.82) is 0 Å². The molecule has 0 radical (unpaired) electrons. The maximum absolute atomic E-state index is 13.3. The number of nitrogens with one attached hydrogen (secondary N) is 1. The number of hydrogen-bond donors (Lipinski definition) is 1. The van der Waals surface area contributed by atoms with E-state index in [1.54, 1.807) is 18.2 Å². The van der Waals surface area contributed by atoms with Gasteiger partial charge in [-0.3, -0.25) is 9.78 Å². The largest absolute Gasteiger partial charge is 0.444 e. The number of esters is 1. The molecule has 0 saturated carbocycles. The lowest BCUT2D eigenvalue weighted by Gasteiger charge is -2.20. The number of rotatable bonds is 5. The Labute approximate surface area is 174 Å². The van der Waals surface area contributed by atoms with Crippen molar-refractivity contribution in [1.82, 2.24) is 4.98 Å². The van der Waals surface area contributed by atoms with E-state index in [1.165, 1.54) is 42.7 Å². The molecule has 5 nitrogen and oxygen atoms in total. The number of alkyl halides is 3. The van der Waals surface area contributed by atoms with Crippen molar-refractivity contribution in [3.63, 3.8) is 0 Å². The smallest absolute Gasteiger partial charge is 0.418 e. The molecule has 0 spiro atoms. The van der Waals surface area contributed by atoms with Crippen LogP contribution in [0.25, 0.3) is 0 Å². The highest BCUT2D eigenvalue weighted by molar-refractivity contribution is 6.30. The number of carbonyl (C=O) groups excluding carboxylic acids is 2. The molecule has 1 amide bonds. The Morgan fingerprint density at radius 1 is 1.00 bits per heavy atom. The van der Waals surface area contributed by atoms with E-state index in [4.69, 9.17) is 16.3 Å². The monoisotopic (exact) mass is 434 g/mol. The third kappa shape index (κ3) is 5.15. The van der Waals surface area contributed by atoms with Crippen LogP contribution in [0.3, 0.4) is 0 Å². The second-order valence-corrected chi connectivity index (χ2v) is 6.55. The number of benzene rings is 2. The van der Waals surface area contributed by atoms with Gasteiger partial charge >= 0.3 is 12.1 Å². The lowest BCUT2D eigenvalue weighted by Crippen LogP contribution is -2.27. The van der Waals surface area contributed by atoms with Crippen LogP contribution in [0.2, 0.25) is 5.02 Å². The van der Waals surface area contributed by atoms with Gasteiger partial charge in [-0.2, -0.15) is 13.2 Å². The summed E-state index contributed by atoms with van der Waals surface area (Å²) < 4.78 is 45.3. The van der Waals surface area contributed by atoms with Crippen molar-refractivity contribution >= 4 is 29.2 Å². The van der Waals surface area contributed by atoms with Crippen LogP contribution < -0.4 is 5.32 Å². The first-order valence-electron chi connectivity index (χ1n) is 8.59. The summed E-state index contributed by atoms with van der Waals surface area (Å²) in [5.41, 5.74) is -1.19. The van der Waals surface area contributed by atoms with Crippen LogP contribution in [0.4, 0.5) is 18.9 Å². The van der Waals surface area contributed by atoms with E-state index >= 15 is 0 Å². The standard InChI is InChI=1S/C21H14ClF3N2O3/c22-15-6-7-17(16(12-15)21(23,24)25)27-19(28)18(13-4-2-1-3-5-13)30-20(29)14-8-10-26-11-9-14/h1-12,18H,(H,27,28)/t18-/m0/s1. The van der Waals surface area contributed by atoms with Crippen molar-refractivity contribution in [3.8, 4) is 0 Å². The molecule has 0 aliphatic carbocycles. The number of carbonyl (C=O) groups is 2. The van der Waals surface area contributed by atoms with Crippen LogP contribution in [0.15, 0.2) is 73.1 Å². The summed E-state index contributed by atoms with van der Waals surface area (Å²) in [5.74, 6) is -1.77. The van der Waals surface area contributed by atoms with Gasteiger partial charge < -0.3 is 10.1 Å². The number of amides is 1. The first-order chi connectivity index (χ1) is 14.3. The van der Waals surface area contributed by atoms with Crippen LogP contribution in [-0.2, 0) is 15.7 Å². The summed E-state index contributed by atoms with van der Waals surface area (Å²) in [6, 6.07) is 13.7. The fraction of sp³-hybridized carbons (Fsp3) is 0.0952. The predicted molar refractivity (Wildman–Crippen MR) is 104 cm³/mol. The molecule has 0 saturated heterocycles. The van der Waals surface area contributed by atoms with E-state index < -0.39 is 35.4 Å². The summed E-state index contributed by atoms with van der Waals surface area (Å²) in [6.07, 6.45) is -3.48. The van der Waals surface area contributed by atoms with E-state index in [9.17, 15) is 22.8 Å². The minimum Gasteiger partial charge on any atom is -0.444 e. The van der Waals surface area contributed by atoms with Gasteiger partial charge in [0.05, 0.1) is 16.8 Å². The van der Waals surface area contributed by atoms with Gasteiger partial charge in [-0.05, 0) is 30.3 Å². The van der Waals surface area contributed by atoms with E-state index in [2.05, 4.69) is 10.3 Å². The highest BCUT2D eigenvalue weighted by Crippen LogP contribution is 2.37. The second kappa shape index (κ2) is 8.96. The molecular formula is C21H14ClF3N2O3. The van der Waals surface area contributed by atoms with Gasteiger partial charge in [0, 0.05) is 23.0 Å². The van der Waals surface area contributed by atoms with E-state index in [0.29, 0.717) is 11.6 Å². The van der Waals surface area contributed by atoms with Crippen molar-refractivity contribution in [2.45, 2.75) is 12.3 Å². The highest BCUT2D eigenvalue weighted by atomic mass is 35.5. The molecule has 1 atom stereocenters. The summed E-state index contributed by atoms with van der Waals surface area (Å²) in [5, 5.41) is 2.06. The molecule has 1 N–H and O–H groups in total. The molecule has 0 aliphatic heterocycles. The van der Waals surface area contributed by atoms with Crippen molar-refractivity contribution in [3.05, 3.63) is 94.8 Å². The summed E-state index contributed by atoms with van der Waals surface area (Å²) in [4.78, 5) is 29.1. The Balaban J connectivity index is 1.91. The van der Waals surface area contributed by atoms with Gasteiger partial charge in [0.1, 0.15) is 0 Å². The average Bonchev–Trinajstić information content (AvgIpc) is 2.73. The second-order valence-electron chi connectivity index (χ2n) is 6.11. The van der Waals surface area contributed by atoms with Crippen molar-refractivity contribution in [2.75, 3.05) is 5.32 Å². The van der Waals surface area contributed by atoms with Gasteiger partial charge in [0.25, 0.3) is 5.91 Å². The Bertz CT molecular complexity index is 1040. The lowest BCUT2D eigenvalue weighted by molar-refractivity contribution is -0.137. The molecule has 0 fully saturated rings.